The molecular weight excluding hydrogens is 316 g/mol. The van der Waals surface area contributed by atoms with Gasteiger partial charge in [0, 0.05) is 23.6 Å². The van der Waals surface area contributed by atoms with Gasteiger partial charge in [0.25, 0.3) is 0 Å². The van der Waals surface area contributed by atoms with Crippen LogP contribution in [0, 0.1) is 0 Å². The van der Waals surface area contributed by atoms with Crippen LogP contribution in [0.4, 0.5) is 0 Å². The summed E-state index contributed by atoms with van der Waals surface area (Å²) >= 11 is 3.48. The zero-order valence-electron chi connectivity index (χ0n) is 11.9. The highest BCUT2D eigenvalue weighted by Crippen LogP contribution is 2.21. The maximum absolute atomic E-state index is 5.86. The quantitative estimate of drug-likeness (QED) is 0.839. The first-order valence-electron chi connectivity index (χ1n) is 7.66. The predicted molar refractivity (Wildman–Crippen MR) is 85.3 cm³/mol. The van der Waals surface area contributed by atoms with Gasteiger partial charge in [-0.15, -0.1) is 0 Å². The molecule has 0 N–H and O–H groups in total. The summed E-state index contributed by atoms with van der Waals surface area (Å²) < 4.78 is 6.93. The van der Waals surface area contributed by atoms with Crippen molar-refractivity contribution in [2.75, 3.05) is 39.3 Å². The van der Waals surface area contributed by atoms with E-state index in [2.05, 4.69) is 25.7 Å². The van der Waals surface area contributed by atoms with Crippen LogP contribution in [0.2, 0.25) is 0 Å². The molecule has 3 rings (SSSR count). The van der Waals surface area contributed by atoms with Crippen molar-refractivity contribution >= 4 is 15.9 Å². The lowest BCUT2D eigenvalue weighted by molar-refractivity contribution is 0.188. The van der Waals surface area contributed by atoms with Crippen molar-refractivity contribution in [3.8, 4) is 5.75 Å². The summed E-state index contributed by atoms with van der Waals surface area (Å²) in [4.78, 5) is 5.25. The molecule has 2 fully saturated rings. The third-order valence-corrected chi connectivity index (χ3v) is 4.85. The highest BCUT2D eigenvalue weighted by Gasteiger charge is 2.28. The van der Waals surface area contributed by atoms with Gasteiger partial charge in [0.1, 0.15) is 12.4 Å². The first-order chi connectivity index (χ1) is 9.81. The van der Waals surface area contributed by atoms with Crippen molar-refractivity contribution in [1.82, 2.24) is 9.80 Å². The van der Waals surface area contributed by atoms with Crippen LogP contribution in [-0.2, 0) is 0 Å². The van der Waals surface area contributed by atoms with Crippen molar-refractivity contribution in [2.45, 2.75) is 25.3 Å². The SMILES string of the molecule is Brc1cccc(OCCN2CCCN3CCCC3C2)c1. The van der Waals surface area contributed by atoms with Gasteiger partial charge in [-0.05, 0) is 57.1 Å². The molecule has 0 amide bonds. The minimum atomic E-state index is 0.781. The number of nitrogens with zero attached hydrogens (tertiary/aromatic N) is 2. The topological polar surface area (TPSA) is 15.7 Å². The van der Waals surface area contributed by atoms with Crippen molar-refractivity contribution in [2.24, 2.45) is 0 Å². The molecule has 0 spiro atoms. The summed E-state index contributed by atoms with van der Waals surface area (Å²) in [7, 11) is 0. The van der Waals surface area contributed by atoms with Gasteiger partial charge in [-0.1, -0.05) is 22.0 Å². The van der Waals surface area contributed by atoms with Crippen LogP contribution in [-0.4, -0.2) is 55.2 Å². The van der Waals surface area contributed by atoms with Crippen molar-refractivity contribution in [3.05, 3.63) is 28.7 Å². The number of fused-ring (bicyclic) bond motifs is 1. The molecule has 1 atom stereocenters. The Hall–Kier alpha value is -0.580. The average Bonchev–Trinajstić information content (AvgIpc) is 2.78. The van der Waals surface area contributed by atoms with Gasteiger partial charge in [0.2, 0.25) is 0 Å². The van der Waals surface area contributed by atoms with Crippen molar-refractivity contribution in [3.63, 3.8) is 0 Å². The molecule has 0 saturated carbocycles. The predicted octanol–water partition coefficient (Wildman–Crippen LogP) is 3.00. The fourth-order valence-electron chi connectivity index (χ4n) is 3.34. The van der Waals surface area contributed by atoms with Crippen molar-refractivity contribution < 1.29 is 4.74 Å². The fourth-order valence-corrected chi connectivity index (χ4v) is 3.71. The molecule has 0 aliphatic carbocycles. The van der Waals surface area contributed by atoms with Crippen LogP contribution in [0.3, 0.4) is 0 Å². The van der Waals surface area contributed by atoms with E-state index in [4.69, 9.17) is 4.74 Å². The summed E-state index contributed by atoms with van der Waals surface area (Å²) in [5.41, 5.74) is 0. The van der Waals surface area contributed by atoms with Gasteiger partial charge < -0.3 is 4.74 Å². The number of hydrogen-bond acceptors (Lipinski definition) is 3. The van der Waals surface area contributed by atoms with Gasteiger partial charge in [-0.25, -0.2) is 0 Å². The molecule has 2 aliphatic rings. The molecule has 110 valence electrons. The van der Waals surface area contributed by atoms with E-state index in [1.54, 1.807) is 0 Å². The van der Waals surface area contributed by atoms with E-state index in [0.29, 0.717) is 0 Å². The van der Waals surface area contributed by atoms with Gasteiger partial charge >= 0.3 is 0 Å². The van der Waals surface area contributed by atoms with Gasteiger partial charge in [0.15, 0.2) is 0 Å². The molecule has 0 radical (unpaired) electrons. The van der Waals surface area contributed by atoms with E-state index >= 15 is 0 Å². The Bertz CT molecular complexity index is 440. The zero-order valence-corrected chi connectivity index (χ0v) is 13.5. The average molecular weight is 339 g/mol. The van der Waals surface area contributed by atoms with Crippen molar-refractivity contribution in [1.29, 1.82) is 0 Å². The fraction of sp³-hybridized carbons (Fsp3) is 0.625. The number of ether oxygens (including phenoxy) is 1. The number of rotatable bonds is 4. The highest BCUT2D eigenvalue weighted by molar-refractivity contribution is 9.10. The third-order valence-electron chi connectivity index (χ3n) is 4.36. The molecule has 20 heavy (non-hydrogen) atoms. The van der Waals surface area contributed by atoms with Crippen LogP contribution >= 0.6 is 15.9 Å². The Labute approximate surface area is 130 Å². The molecule has 3 nitrogen and oxygen atoms in total. The molecule has 2 aliphatic heterocycles. The van der Waals surface area contributed by atoms with Crippen LogP contribution in [0.15, 0.2) is 28.7 Å². The van der Waals surface area contributed by atoms with E-state index in [-0.39, 0.29) is 0 Å². The van der Waals surface area contributed by atoms with E-state index in [1.165, 1.54) is 45.4 Å². The summed E-state index contributed by atoms with van der Waals surface area (Å²) in [5.74, 6) is 0.955. The lowest BCUT2D eigenvalue weighted by Crippen LogP contribution is -2.38. The van der Waals surface area contributed by atoms with E-state index in [1.807, 2.05) is 24.3 Å². The molecule has 0 aromatic heterocycles. The summed E-state index contributed by atoms with van der Waals surface area (Å²) in [6.45, 7) is 6.86. The van der Waals surface area contributed by atoms with Crippen LogP contribution in [0.25, 0.3) is 0 Å². The molecular formula is C16H23BrN2O. The number of halogens is 1. The first kappa shape index (κ1) is 14.4. The van der Waals surface area contributed by atoms with Gasteiger partial charge in [-0.2, -0.15) is 0 Å². The Kier molecular flexibility index (Phi) is 4.97. The highest BCUT2D eigenvalue weighted by atomic mass is 79.9. The Balaban J connectivity index is 1.46. The molecule has 2 heterocycles. The van der Waals surface area contributed by atoms with Gasteiger partial charge in [-0.3, -0.25) is 9.80 Å². The minimum Gasteiger partial charge on any atom is -0.492 e. The first-order valence-corrected chi connectivity index (χ1v) is 8.45. The van der Waals surface area contributed by atoms with Crippen LogP contribution < -0.4 is 4.74 Å². The Morgan fingerprint density at radius 3 is 3.00 bits per heavy atom. The Morgan fingerprint density at radius 1 is 1.20 bits per heavy atom. The molecule has 4 heteroatoms. The molecule has 2 saturated heterocycles. The second-order valence-electron chi connectivity index (χ2n) is 5.79. The third kappa shape index (κ3) is 3.74. The second-order valence-corrected chi connectivity index (χ2v) is 6.71. The van der Waals surface area contributed by atoms with E-state index < -0.39 is 0 Å². The molecule has 1 aromatic rings. The lowest BCUT2D eigenvalue weighted by Gasteiger charge is -2.25. The normalized spacial score (nSPS) is 24.4. The maximum atomic E-state index is 5.86. The zero-order chi connectivity index (χ0) is 13.8. The largest absolute Gasteiger partial charge is 0.492 e. The maximum Gasteiger partial charge on any atom is 0.120 e. The van der Waals surface area contributed by atoms with Crippen LogP contribution in [0.5, 0.6) is 5.75 Å². The van der Waals surface area contributed by atoms with E-state index in [0.717, 1.165) is 29.4 Å². The summed E-state index contributed by atoms with van der Waals surface area (Å²) in [5, 5.41) is 0. The monoisotopic (exact) mass is 338 g/mol. The van der Waals surface area contributed by atoms with Crippen LogP contribution in [0.1, 0.15) is 19.3 Å². The lowest BCUT2D eigenvalue weighted by atomic mass is 10.2. The molecule has 0 bridgehead atoms. The Morgan fingerprint density at radius 2 is 2.10 bits per heavy atom. The smallest absolute Gasteiger partial charge is 0.120 e. The summed E-state index contributed by atoms with van der Waals surface area (Å²) in [6, 6.07) is 8.88. The van der Waals surface area contributed by atoms with Gasteiger partial charge in [0.05, 0.1) is 0 Å². The summed E-state index contributed by atoms with van der Waals surface area (Å²) in [6.07, 6.45) is 4.06. The minimum absolute atomic E-state index is 0.781. The number of benzene rings is 1. The second kappa shape index (κ2) is 6.92. The number of hydrogen-bond donors (Lipinski definition) is 0. The van der Waals surface area contributed by atoms with E-state index in [9.17, 15) is 0 Å². The molecule has 1 aromatic carbocycles. The molecule has 1 unspecified atom stereocenters. The standard InChI is InChI=1S/C16H23BrN2O/c17-14-4-1-6-16(12-14)20-11-10-18-7-3-9-19-8-2-5-15(19)13-18/h1,4,6,12,15H,2-3,5,7-11,13H2.